The third kappa shape index (κ3) is 5.00. The number of carbonyl (C=O) groups is 2. The normalized spacial score (nSPS) is 13.3. The first-order valence-electron chi connectivity index (χ1n) is 10.2. The van der Waals surface area contributed by atoms with Crippen LogP contribution in [0.4, 0.5) is 5.69 Å². The molecule has 0 spiro atoms. The molecule has 1 aromatic heterocycles. The second kappa shape index (κ2) is 9.27. The Morgan fingerprint density at radius 3 is 2.50 bits per heavy atom. The van der Waals surface area contributed by atoms with Crippen LogP contribution in [0.15, 0.2) is 76.0 Å². The predicted octanol–water partition coefficient (Wildman–Crippen LogP) is 2.47. The summed E-state index contributed by atoms with van der Waals surface area (Å²) in [6, 6.07) is 18.8. The summed E-state index contributed by atoms with van der Waals surface area (Å²) in [7, 11) is -3.59. The molecule has 0 bridgehead atoms. The van der Waals surface area contributed by atoms with Crippen LogP contribution in [0, 0.1) is 0 Å². The molecule has 0 unspecified atom stereocenters. The highest BCUT2D eigenvalue weighted by Gasteiger charge is 2.21. The van der Waals surface area contributed by atoms with Gasteiger partial charge in [-0.15, -0.1) is 0 Å². The van der Waals surface area contributed by atoms with E-state index in [0.717, 1.165) is 25.1 Å². The second-order valence-corrected chi connectivity index (χ2v) is 9.48. The molecule has 1 aliphatic heterocycles. The number of hydrazine groups is 1. The van der Waals surface area contributed by atoms with Crippen LogP contribution in [-0.4, -0.2) is 33.3 Å². The second-order valence-electron chi connectivity index (χ2n) is 7.49. The lowest BCUT2D eigenvalue weighted by molar-refractivity contribution is -0.120. The molecule has 2 N–H and O–H groups in total. The van der Waals surface area contributed by atoms with Gasteiger partial charge in [0, 0.05) is 12.2 Å². The Bertz CT molecular complexity index is 1220. The van der Waals surface area contributed by atoms with E-state index in [9.17, 15) is 18.0 Å². The van der Waals surface area contributed by atoms with Crippen molar-refractivity contribution < 1.29 is 22.4 Å². The number of nitrogens with zero attached hydrogens (tertiary/aromatic N) is 1. The van der Waals surface area contributed by atoms with Crippen molar-refractivity contribution >= 4 is 27.3 Å². The molecule has 2 aromatic carbocycles. The minimum atomic E-state index is -3.59. The van der Waals surface area contributed by atoms with E-state index in [0.29, 0.717) is 0 Å². The van der Waals surface area contributed by atoms with Gasteiger partial charge in [0.05, 0.1) is 11.4 Å². The zero-order chi connectivity index (χ0) is 22.6. The largest absolute Gasteiger partial charge is 0.455 e. The summed E-state index contributed by atoms with van der Waals surface area (Å²) in [5.74, 6) is -1.36. The molecular formula is C23H23N3O5S. The van der Waals surface area contributed by atoms with Gasteiger partial charge in [0.25, 0.3) is 5.91 Å². The maximum absolute atomic E-state index is 12.5. The molecule has 0 saturated carbocycles. The smallest absolute Gasteiger partial charge is 0.305 e. The molecule has 32 heavy (non-hydrogen) atoms. The van der Waals surface area contributed by atoms with Crippen molar-refractivity contribution in [2.45, 2.75) is 23.5 Å². The number of fused-ring (bicyclic) bond motifs is 1. The van der Waals surface area contributed by atoms with Crippen molar-refractivity contribution in [2.75, 3.05) is 18.0 Å². The fourth-order valence-electron chi connectivity index (χ4n) is 3.65. The number of para-hydroxylation sites is 1. The monoisotopic (exact) mass is 453 g/mol. The lowest BCUT2D eigenvalue weighted by atomic mass is 10.0. The first-order chi connectivity index (χ1) is 15.4. The van der Waals surface area contributed by atoms with Crippen LogP contribution in [-0.2, 0) is 26.8 Å². The van der Waals surface area contributed by atoms with Gasteiger partial charge in [-0.3, -0.25) is 20.4 Å². The molecule has 4 rings (SSSR count). The number of benzene rings is 2. The topological polar surface area (TPSA) is 109 Å². The Balaban J connectivity index is 1.32. The van der Waals surface area contributed by atoms with Gasteiger partial charge in [-0.1, -0.05) is 36.4 Å². The van der Waals surface area contributed by atoms with E-state index in [1.807, 2.05) is 29.2 Å². The Kier molecular flexibility index (Phi) is 6.27. The van der Waals surface area contributed by atoms with Crippen molar-refractivity contribution in [3.8, 4) is 0 Å². The number of anilines is 1. The quantitative estimate of drug-likeness (QED) is 0.555. The number of rotatable bonds is 6. The maximum Gasteiger partial charge on any atom is 0.305 e. The average Bonchev–Trinajstić information content (AvgIpc) is 3.26. The SMILES string of the molecule is O=C(CN1CCCc2ccccc21)NNC(=O)c1ccc(CS(=O)(=O)c2ccccc2)o1. The van der Waals surface area contributed by atoms with Gasteiger partial charge in [-0.25, -0.2) is 8.42 Å². The maximum atomic E-state index is 12.5. The molecule has 166 valence electrons. The first kappa shape index (κ1) is 21.6. The number of hydrogen-bond acceptors (Lipinski definition) is 6. The van der Waals surface area contributed by atoms with Crippen molar-refractivity contribution in [3.05, 3.63) is 83.8 Å². The number of amides is 2. The summed E-state index contributed by atoms with van der Waals surface area (Å²) < 4.78 is 30.3. The summed E-state index contributed by atoms with van der Waals surface area (Å²) in [4.78, 5) is 26.8. The van der Waals surface area contributed by atoms with Crippen LogP contribution in [0.2, 0.25) is 0 Å². The van der Waals surface area contributed by atoms with Crippen LogP contribution in [0.25, 0.3) is 0 Å². The van der Waals surface area contributed by atoms with E-state index < -0.39 is 15.7 Å². The highest BCUT2D eigenvalue weighted by atomic mass is 32.2. The Hall–Kier alpha value is -3.59. The van der Waals surface area contributed by atoms with E-state index >= 15 is 0 Å². The zero-order valence-corrected chi connectivity index (χ0v) is 18.1. The standard InChI is InChI=1S/C23H23N3O5S/c27-22(15-26-14-6-8-17-7-4-5-11-20(17)26)24-25-23(28)21-13-12-18(31-21)16-32(29,30)19-9-2-1-3-10-19/h1-5,7,9-13H,6,8,14-16H2,(H,24,27)(H,25,28). The molecule has 2 heterocycles. The lowest BCUT2D eigenvalue weighted by Gasteiger charge is -2.30. The lowest BCUT2D eigenvalue weighted by Crippen LogP contribution is -2.47. The predicted molar refractivity (Wildman–Crippen MR) is 119 cm³/mol. The number of carbonyl (C=O) groups excluding carboxylic acids is 2. The number of furan rings is 1. The molecule has 3 aromatic rings. The number of sulfone groups is 1. The van der Waals surface area contributed by atoms with E-state index in [4.69, 9.17) is 4.42 Å². The van der Waals surface area contributed by atoms with Crippen LogP contribution in [0.5, 0.6) is 0 Å². The van der Waals surface area contributed by atoms with Gasteiger partial charge in [-0.05, 0) is 48.7 Å². The molecule has 0 fully saturated rings. The van der Waals surface area contributed by atoms with Crippen molar-refractivity contribution in [2.24, 2.45) is 0 Å². The van der Waals surface area contributed by atoms with Gasteiger partial charge in [-0.2, -0.15) is 0 Å². The minimum Gasteiger partial charge on any atom is -0.455 e. The van der Waals surface area contributed by atoms with Gasteiger partial charge in [0.2, 0.25) is 0 Å². The number of aryl methyl sites for hydroxylation is 1. The summed E-state index contributed by atoms with van der Waals surface area (Å²) in [6.07, 6.45) is 1.93. The molecule has 2 amide bonds. The molecule has 9 heteroatoms. The molecule has 0 radical (unpaired) electrons. The molecule has 1 aliphatic rings. The fraction of sp³-hybridized carbons (Fsp3) is 0.217. The summed E-state index contributed by atoms with van der Waals surface area (Å²) in [5.41, 5.74) is 6.92. The third-order valence-electron chi connectivity index (χ3n) is 5.18. The van der Waals surface area contributed by atoms with E-state index in [-0.39, 0.29) is 34.6 Å². The Morgan fingerprint density at radius 2 is 1.69 bits per heavy atom. The third-order valence-corrected chi connectivity index (χ3v) is 6.83. The Labute approximate surface area is 186 Å². The van der Waals surface area contributed by atoms with Crippen molar-refractivity contribution in [3.63, 3.8) is 0 Å². The van der Waals surface area contributed by atoms with Crippen LogP contribution >= 0.6 is 0 Å². The van der Waals surface area contributed by atoms with Crippen LogP contribution in [0.1, 0.15) is 28.3 Å². The van der Waals surface area contributed by atoms with Gasteiger partial charge < -0.3 is 9.32 Å². The van der Waals surface area contributed by atoms with Crippen LogP contribution in [0.3, 0.4) is 0 Å². The average molecular weight is 454 g/mol. The highest BCUT2D eigenvalue weighted by molar-refractivity contribution is 7.90. The highest BCUT2D eigenvalue weighted by Crippen LogP contribution is 2.26. The van der Waals surface area contributed by atoms with Crippen LogP contribution < -0.4 is 15.8 Å². The van der Waals surface area contributed by atoms with Gasteiger partial charge >= 0.3 is 5.91 Å². The van der Waals surface area contributed by atoms with Gasteiger partial charge in [0.1, 0.15) is 11.5 Å². The molecule has 0 aliphatic carbocycles. The zero-order valence-electron chi connectivity index (χ0n) is 17.3. The summed E-state index contributed by atoms with van der Waals surface area (Å²) in [5, 5.41) is 0. The van der Waals surface area contributed by atoms with Crippen molar-refractivity contribution in [1.82, 2.24) is 10.9 Å². The molecule has 0 atom stereocenters. The van der Waals surface area contributed by atoms with Gasteiger partial charge in [0.15, 0.2) is 15.6 Å². The fourth-order valence-corrected chi connectivity index (χ4v) is 4.92. The van der Waals surface area contributed by atoms with E-state index in [1.165, 1.54) is 29.8 Å². The summed E-state index contributed by atoms with van der Waals surface area (Å²) >= 11 is 0. The van der Waals surface area contributed by atoms with E-state index in [1.54, 1.807) is 18.2 Å². The van der Waals surface area contributed by atoms with E-state index in [2.05, 4.69) is 10.9 Å². The molecule has 0 saturated heterocycles. The number of hydrogen-bond donors (Lipinski definition) is 2. The summed E-state index contributed by atoms with van der Waals surface area (Å²) in [6.45, 7) is 0.867. The Morgan fingerprint density at radius 1 is 0.938 bits per heavy atom. The minimum absolute atomic E-state index is 0.0909. The first-order valence-corrected chi connectivity index (χ1v) is 11.9. The number of nitrogens with one attached hydrogen (secondary N) is 2. The molecular weight excluding hydrogens is 430 g/mol. The molecule has 8 nitrogen and oxygen atoms in total. The van der Waals surface area contributed by atoms with Crippen molar-refractivity contribution in [1.29, 1.82) is 0 Å².